The van der Waals surface area contributed by atoms with Crippen LogP contribution in [0.2, 0.25) is 0 Å². The van der Waals surface area contributed by atoms with E-state index in [2.05, 4.69) is 21.2 Å². The molecular weight excluding hydrogens is 311 g/mol. The van der Waals surface area contributed by atoms with E-state index in [1.54, 1.807) is 6.07 Å². The van der Waals surface area contributed by atoms with Crippen molar-refractivity contribution in [2.75, 3.05) is 11.1 Å². The standard InChI is InChI=1S/C14H12BrFN2O/c1-8-2-4-10(15)7-13(8)18-14(19)9-3-5-11(16)12(17)6-9/h2-7H,17H2,1H3,(H,18,19). The minimum absolute atomic E-state index is 0.0429. The van der Waals surface area contributed by atoms with Gasteiger partial charge in [0, 0.05) is 15.7 Å². The lowest BCUT2D eigenvalue weighted by molar-refractivity contribution is 0.102. The number of rotatable bonds is 2. The average molecular weight is 323 g/mol. The van der Waals surface area contributed by atoms with Gasteiger partial charge in [-0.3, -0.25) is 4.79 Å². The minimum Gasteiger partial charge on any atom is -0.396 e. The highest BCUT2D eigenvalue weighted by atomic mass is 79.9. The smallest absolute Gasteiger partial charge is 0.255 e. The second-order valence-electron chi connectivity index (χ2n) is 4.15. The Labute approximate surface area is 118 Å². The quantitative estimate of drug-likeness (QED) is 0.828. The molecule has 0 aliphatic carbocycles. The maximum atomic E-state index is 13.0. The van der Waals surface area contributed by atoms with Crippen LogP contribution in [0.5, 0.6) is 0 Å². The Morgan fingerprint density at radius 3 is 2.68 bits per heavy atom. The Morgan fingerprint density at radius 2 is 2.00 bits per heavy atom. The highest BCUT2D eigenvalue weighted by Crippen LogP contribution is 2.22. The predicted molar refractivity (Wildman–Crippen MR) is 77.6 cm³/mol. The summed E-state index contributed by atoms with van der Waals surface area (Å²) in [6, 6.07) is 9.48. The molecule has 98 valence electrons. The predicted octanol–water partition coefficient (Wildman–Crippen LogP) is 3.73. The summed E-state index contributed by atoms with van der Waals surface area (Å²) in [5.74, 6) is -0.858. The first-order valence-electron chi connectivity index (χ1n) is 5.60. The van der Waals surface area contributed by atoms with Crippen molar-refractivity contribution in [1.29, 1.82) is 0 Å². The zero-order chi connectivity index (χ0) is 14.0. The van der Waals surface area contributed by atoms with E-state index < -0.39 is 5.82 Å². The minimum atomic E-state index is -0.532. The molecule has 0 unspecified atom stereocenters. The van der Waals surface area contributed by atoms with Gasteiger partial charge in [0.1, 0.15) is 5.82 Å². The molecule has 0 aromatic heterocycles. The Bertz CT molecular complexity index is 643. The van der Waals surface area contributed by atoms with E-state index >= 15 is 0 Å². The molecule has 3 N–H and O–H groups in total. The van der Waals surface area contributed by atoms with E-state index in [4.69, 9.17) is 5.73 Å². The van der Waals surface area contributed by atoms with Crippen molar-refractivity contribution in [1.82, 2.24) is 0 Å². The van der Waals surface area contributed by atoms with Gasteiger partial charge in [-0.2, -0.15) is 0 Å². The van der Waals surface area contributed by atoms with Crippen LogP contribution in [-0.4, -0.2) is 5.91 Å². The third-order valence-electron chi connectivity index (χ3n) is 2.71. The number of carbonyl (C=O) groups is 1. The van der Waals surface area contributed by atoms with Crippen LogP contribution in [0.15, 0.2) is 40.9 Å². The number of hydrogen-bond donors (Lipinski definition) is 2. The number of nitrogens with two attached hydrogens (primary N) is 1. The van der Waals surface area contributed by atoms with E-state index in [0.29, 0.717) is 11.3 Å². The van der Waals surface area contributed by atoms with E-state index in [1.807, 2.05) is 19.1 Å². The molecule has 2 rings (SSSR count). The summed E-state index contributed by atoms with van der Waals surface area (Å²) in [6.45, 7) is 1.89. The third kappa shape index (κ3) is 3.12. The molecule has 0 atom stereocenters. The lowest BCUT2D eigenvalue weighted by Crippen LogP contribution is -2.13. The molecule has 0 saturated heterocycles. The summed E-state index contributed by atoms with van der Waals surface area (Å²) in [7, 11) is 0. The average Bonchev–Trinajstić information content (AvgIpc) is 2.37. The van der Waals surface area contributed by atoms with Crippen LogP contribution in [0.4, 0.5) is 15.8 Å². The SMILES string of the molecule is Cc1ccc(Br)cc1NC(=O)c1ccc(F)c(N)c1. The van der Waals surface area contributed by atoms with Crippen molar-refractivity contribution >= 4 is 33.2 Å². The van der Waals surface area contributed by atoms with Gasteiger partial charge < -0.3 is 11.1 Å². The van der Waals surface area contributed by atoms with Crippen molar-refractivity contribution in [3.05, 3.63) is 57.8 Å². The van der Waals surface area contributed by atoms with Crippen molar-refractivity contribution < 1.29 is 9.18 Å². The largest absolute Gasteiger partial charge is 0.396 e. The molecule has 3 nitrogen and oxygen atoms in total. The highest BCUT2D eigenvalue weighted by molar-refractivity contribution is 9.10. The first-order valence-corrected chi connectivity index (χ1v) is 6.39. The fourth-order valence-corrected chi connectivity index (χ4v) is 1.97. The number of aryl methyl sites for hydroxylation is 1. The second-order valence-corrected chi connectivity index (χ2v) is 5.07. The molecule has 0 fully saturated rings. The molecule has 2 aromatic carbocycles. The molecule has 1 amide bonds. The molecular formula is C14H12BrFN2O. The van der Waals surface area contributed by atoms with Crippen LogP contribution in [0.1, 0.15) is 15.9 Å². The highest BCUT2D eigenvalue weighted by Gasteiger charge is 2.10. The molecule has 0 radical (unpaired) electrons. The molecule has 0 heterocycles. The molecule has 0 aliphatic heterocycles. The molecule has 0 saturated carbocycles. The normalized spacial score (nSPS) is 10.3. The molecule has 5 heteroatoms. The molecule has 0 spiro atoms. The number of amides is 1. The maximum Gasteiger partial charge on any atom is 0.255 e. The summed E-state index contributed by atoms with van der Waals surface area (Å²) >= 11 is 3.34. The third-order valence-corrected chi connectivity index (χ3v) is 3.20. The number of hydrogen-bond acceptors (Lipinski definition) is 2. The van der Waals surface area contributed by atoms with Crippen molar-refractivity contribution in [3.63, 3.8) is 0 Å². The number of benzene rings is 2. The number of nitrogen functional groups attached to an aromatic ring is 1. The summed E-state index contributed by atoms with van der Waals surface area (Å²) in [6.07, 6.45) is 0. The van der Waals surface area contributed by atoms with Gasteiger partial charge in [-0.05, 0) is 42.8 Å². The maximum absolute atomic E-state index is 13.0. The molecule has 0 bridgehead atoms. The van der Waals surface area contributed by atoms with Gasteiger partial charge in [0.05, 0.1) is 5.69 Å². The zero-order valence-electron chi connectivity index (χ0n) is 10.2. The van der Waals surface area contributed by atoms with Gasteiger partial charge in [-0.1, -0.05) is 22.0 Å². The van der Waals surface area contributed by atoms with E-state index in [1.165, 1.54) is 18.2 Å². The summed E-state index contributed by atoms with van der Waals surface area (Å²) < 4.78 is 13.9. The van der Waals surface area contributed by atoms with Crippen molar-refractivity contribution in [2.45, 2.75) is 6.92 Å². The molecule has 0 aliphatic rings. The monoisotopic (exact) mass is 322 g/mol. The van der Waals surface area contributed by atoms with E-state index in [-0.39, 0.29) is 11.6 Å². The fourth-order valence-electron chi connectivity index (χ4n) is 1.61. The Morgan fingerprint density at radius 1 is 1.26 bits per heavy atom. The van der Waals surface area contributed by atoms with Gasteiger partial charge in [-0.15, -0.1) is 0 Å². The zero-order valence-corrected chi connectivity index (χ0v) is 11.8. The van der Waals surface area contributed by atoms with Crippen molar-refractivity contribution in [2.24, 2.45) is 0 Å². The molecule has 2 aromatic rings. The second kappa shape index (κ2) is 5.40. The number of anilines is 2. The van der Waals surface area contributed by atoms with E-state index in [9.17, 15) is 9.18 Å². The first-order chi connectivity index (χ1) is 8.97. The summed E-state index contributed by atoms with van der Waals surface area (Å²) in [5, 5.41) is 2.77. The molecule has 19 heavy (non-hydrogen) atoms. The van der Waals surface area contributed by atoms with Gasteiger partial charge in [-0.25, -0.2) is 4.39 Å². The van der Waals surface area contributed by atoms with E-state index in [0.717, 1.165) is 10.0 Å². The summed E-state index contributed by atoms with van der Waals surface area (Å²) in [5.41, 5.74) is 7.35. The lowest BCUT2D eigenvalue weighted by Gasteiger charge is -2.09. The van der Waals surface area contributed by atoms with Crippen LogP contribution in [0.3, 0.4) is 0 Å². The number of nitrogens with one attached hydrogen (secondary N) is 1. The first kappa shape index (κ1) is 13.5. The Kier molecular flexibility index (Phi) is 3.85. The number of carbonyl (C=O) groups excluding carboxylic acids is 1. The van der Waals surface area contributed by atoms with Gasteiger partial charge >= 0.3 is 0 Å². The number of halogens is 2. The van der Waals surface area contributed by atoms with Crippen LogP contribution in [0, 0.1) is 12.7 Å². The van der Waals surface area contributed by atoms with Gasteiger partial charge in [0.2, 0.25) is 0 Å². The van der Waals surface area contributed by atoms with Crippen LogP contribution in [-0.2, 0) is 0 Å². The fraction of sp³-hybridized carbons (Fsp3) is 0.0714. The van der Waals surface area contributed by atoms with Crippen LogP contribution in [0.25, 0.3) is 0 Å². The van der Waals surface area contributed by atoms with Gasteiger partial charge in [0.15, 0.2) is 0 Å². The topological polar surface area (TPSA) is 55.1 Å². The summed E-state index contributed by atoms with van der Waals surface area (Å²) in [4.78, 5) is 12.0. The Hall–Kier alpha value is -1.88. The van der Waals surface area contributed by atoms with Gasteiger partial charge in [0.25, 0.3) is 5.91 Å². The van der Waals surface area contributed by atoms with Crippen LogP contribution < -0.4 is 11.1 Å². The van der Waals surface area contributed by atoms with Crippen molar-refractivity contribution in [3.8, 4) is 0 Å². The lowest BCUT2D eigenvalue weighted by atomic mass is 10.1. The Balaban J connectivity index is 2.25. The van der Waals surface area contributed by atoms with Crippen LogP contribution >= 0.6 is 15.9 Å².